The van der Waals surface area contributed by atoms with E-state index in [4.69, 9.17) is 16.3 Å². The van der Waals surface area contributed by atoms with E-state index in [0.717, 1.165) is 0 Å². The van der Waals surface area contributed by atoms with Crippen LogP contribution in [0.15, 0.2) is 18.3 Å². The molecule has 0 spiro atoms. The average Bonchev–Trinajstić information content (AvgIpc) is 3.07. The fourth-order valence-electron chi connectivity index (χ4n) is 2.72. The van der Waals surface area contributed by atoms with Crippen molar-refractivity contribution in [2.45, 2.75) is 44.6 Å². The molecule has 0 aromatic carbocycles. The first-order valence-corrected chi connectivity index (χ1v) is 8.66. The summed E-state index contributed by atoms with van der Waals surface area (Å²) in [7, 11) is 0. The standard InChI is InChI=1S/C16H18ClF2N5O2/c1-2-26-14(25)11-5-8-24(23-11)15-21-12(17)9-13(22-15)20-10-3-6-16(18,19)7-4-10/h5,8-10H,2-4,6-7H2,1H3,(H,20,21,22). The highest BCUT2D eigenvalue weighted by Crippen LogP contribution is 2.34. The van der Waals surface area contributed by atoms with Gasteiger partial charge in [0, 0.05) is 31.1 Å². The number of hydrogen-bond donors (Lipinski definition) is 1. The highest BCUT2D eigenvalue weighted by molar-refractivity contribution is 6.29. The Bertz CT molecular complexity index is 789. The maximum Gasteiger partial charge on any atom is 0.358 e. The van der Waals surface area contributed by atoms with Crippen LogP contribution in [0.1, 0.15) is 43.1 Å². The third kappa shape index (κ3) is 4.46. The molecule has 0 saturated heterocycles. The molecule has 0 bridgehead atoms. The van der Waals surface area contributed by atoms with Gasteiger partial charge in [0.2, 0.25) is 5.92 Å². The molecule has 3 rings (SSSR count). The lowest BCUT2D eigenvalue weighted by Gasteiger charge is -2.29. The minimum Gasteiger partial charge on any atom is -0.461 e. The van der Waals surface area contributed by atoms with Crippen molar-refractivity contribution in [3.63, 3.8) is 0 Å². The van der Waals surface area contributed by atoms with Crippen molar-refractivity contribution in [2.75, 3.05) is 11.9 Å². The second-order valence-corrected chi connectivity index (χ2v) is 6.40. The Hall–Kier alpha value is -2.29. The van der Waals surface area contributed by atoms with Crippen LogP contribution in [-0.2, 0) is 4.74 Å². The molecule has 1 saturated carbocycles. The summed E-state index contributed by atoms with van der Waals surface area (Å²) in [5.41, 5.74) is 0.124. The largest absolute Gasteiger partial charge is 0.461 e. The van der Waals surface area contributed by atoms with Gasteiger partial charge in [0.25, 0.3) is 5.95 Å². The van der Waals surface area contributed by atoms with Gasteiger partial charge in [-0.1, -0.05) is 11.6 Å². The van der Waals surface area contributed by atoms with Crippen molar-refractivity contribution < 1.29 is 18.3 Å². The lowest BCUT2D eigenvalue weighted by Crippen LogP contribution is -2.32. The third-order valence-corrected chi connectivity index (χ3v) is 4.22. The molecule has 10 heteroatoms. The van der Waals surface area contributed by atoms with Crippen LogP contribution < -0.4 is 5.32 Å². The van der Waals surface area contributed by atoms with Crippen molar-refractivity contribution in [2.24, 2.45) is 0 Å². The first-order chi connectivity index (χ1) is 12.4. The minimum absolute atomic E-state index is 0.110. The van der Waals surface area contributed by atoms with E-state index in [1.807, 2.05) is 0 Å². The van der Waals surface area contributed by atoms with Gasteiger partial charge < -0.3 is 10.1 Å². The minimum atomic E-state index is -2.59. The van der Waals surface area contributed by atoms with E-state index in [1.54, 1.807) is 6.92 Å². The fraction of sp³-hybridized carbons (Fsp3) is 0.500. The van der Waals surface area contributed by atoms with Crippen molar-refractivity contribution in [1.82, 2.24) is 19.7 Å². The van der Waals surface area contributed by atoms with Crippen molar-refractivity contribution in [3.8, 4) is 5.95 Å². The molecule has 140 valence electrons. The number of aromatic nitrogens is 4. The Kier molecular flexibility index (Phi) is 5.36. The van der Waals surface area contributed by atoms with E-state index in [0.29, 0.717) is 18.7 Å². The van der Waals surface area contributed by atoms with Crippen molar-refractivity contribution in [1.29, 1.82) is 0 Å². The maximum atomic E-state index is 13.3. The molecule has 1 aliphatic rings. The predicted octanol–water partition coefficient (Wildman–Crippen LogP) is 3.48. The zero-order valence-corrected chi connectivity index (χ0v) is 14.8. The molecule has 0 radical (unpaired) electrons. The normalized spacial score (nSPS) is 17.1. The van der Waals surface area contributed by atoms with E-state index in [9.17, 15) is 13.6 Å². The average molecular weight is 386 g/mol. The molecule has 0 unspecified atom stereocenters. The van der Waals surface area contributed by atoms with Crippen LogP contribution in [0, 0.1) is 0 Å². The highest BCUT2D eigenvalue weighted by Gasteiger charge is 2.35. The Morgan fingerprint density at radius 2 is 2.15 bits per heavy atom. The molecule has 2 aromatic heterocycles. The van der Waals surface area contributed by atoms with Gasteiger partial charge in [0.15, 0.2) is 5.69 Å². The Morgan fingerprint density at radius 1 is 1.42 bits per heavy atom. The summed E-state index contributed by atoms with van der Waals surface area (Å²) < 4.78 is 32.7. The van der Waals surface area contributed by atoms with Crippen LogP contribution in [0.3, 0.4) is 0 Å². The lowest BCUT2D eigenvalue weighted by atomic mass is 9.92. The van der Waals surface area contributed by atoms with Gasteiger partial charge in [-0.25, -0.2) is 18.3 Å². The summed E-state index contributed by atoms with van der Waals surface area (Å²) in [5.74, 6) is -2.56. The number of anilines is 1. The zero-order valence-electron chi connectivity index (χ0n) is 14.1. The number of nitrogens with one attached hydrogen (secondary N) is 1. The Labute approximate surface area is 153 Å². The summed E-state index contributed by atoms with van der Waals surface area (Å²) in [4.78, 5) is 20.1. The number of carbonyl (C=O) groups excluding carboxylic acids is 1. The Morgan fingerprint density at radius 3 is 2.85 bits per heavy atom. The summed E-state index contributed by atoms with van der Waals surface area (Å²) in [5, 5.41) is 7.37. The molecule has 1 aliphatic carbocycles. The van der Waals surface area contributed by atoms with E-state index in [2.05, 4.69) is 20.4 Å². The highest BCUT2D eigenvalue weighted by atomic mass is 35.5. The topological polar surface area (TPSA) is 81.9 Å². The number of ether oxygens (including phenoxy) is 1. The molecule has 0 aliphatic heterocycles. The molecule has 7 nitrogen and oxygen atoms in total. The number of esters is 1. The van der Waals surface area contributed by atoms with Gasteiger partial charge in [0.05, 0.1) is 6.61 Å². The fourth-order valence-corrected chi connectivity index (χ4v) is 2.90. The maximum absolute atomic E-state index is 13.3. The van der Waals surface area contributed by atoms with Crippen LogP contribution in [-0.4, -0.2) is 44.3 Å². The van der Waals surface area contributed by atoms with Gasteiger partial charge in [-0.2, -0.15) is 15.1 Å². The second-order valence-electron chi connectivity index (χ2n) is 6.02. The Balaban J connectivity index is 1.75. The molecule has 0 atom stereocenters. The number of carbonyl (C=O) groups is 1. The van der Waals surface area contributed by atoms with Gasteiger partial charge in [-0.3, -0.25) is 0 Å². The summed E-state index contributed by atoms with van der Waals surface area (Å²) in [6.45, 7) is 1.95. The van der Waals surface area contributed by atoms with E-state index in [-0.39, 0.29) is 42.3 Å². The molecular weight excluding hydrogens is 368 g/mol. The molecule has 0 amide bonds. The molecular formula is C16H18ClF2N5O2. The lowest BCUT2D eigenvalue weighted by molar-refractivity contribution is -0.0361. The summed E-state index contributed by atoms with van der Waals surface area (Å²) >= 11 is 6.04. The van der Waals surface area contributed by atoms with E-state index in [1.165, 1.54) is 23.0 Å². The van der Waals surface area contributed by atoms with E-state index < -0.39 is 11.9 Å². The molecule has 1 N–H and O–H groups in total. The molecule has 2 aromatic rings. The monoisotopic (exact) mass is 385 g/mol. The zero-order chi connectivity index (χ0) is 18.7. The van der Waals surface area contributed by atoms with Crippen LogP contribution in [0.5, 0.6) is 0 Å². The first-order valence-electron chi connectivity index (χ1n) is 8.28. The molecule has 1 fully saturated rings. The SMILES string of the molecule is CCOC(=O)c1ccn(-c2nc(Cl)cc(NC3CCC(F)(F)CC3)n2)n1. The predicted molar refractivity (Wildman–Crippen MR) is 90.9 cm³/mol. The van der Waals surface area contributed by atoms with Crippen LogP contribution in [0.25, 0.3) is 5.95 Å². The smallest absolute Gasteiger partial charge is 0.358 e. The number of hydrogen-bond acceptors (Lipinski definition) is 6. The number of halogens is 3. The quantitative estimate of drug-likeness (QED) is 0.626. The van der Waals surface area contributed by atoms with Gasteiger partial charge >= 0.3 is 5.97 Å². The van der Waals surface area contributed by atoms with Crippen LogP contribution >= 0.6 is 11.6 Å². The summed E-state index contributed by atoms with van der Waals surface area (Å²) in [6, 6.07) is 2.90. The van der Waals surface area contributed by atoms with Gasteiger partial charge in [0.1, 0.15) is 11.0 Å². The third-order valence-electron chi connectivity index (χ3n) is 4.03. The van der Waals surface area contributed by atoms with Crippen LogP contribution in [0.4, 0.5) is 14.6 Å². The number of nitrogens with zero attached hydrogens (tertiary/aromatic N) is 4. The van der Waals surface area contributed by atoms with Crippen molar-refractivity contribution >= 4 is 23.4 Å². The number of rotatable bonds is 5. The van der Waals surface area contributed by atoms with Gasteiger partial charge in [-0.05, 0) is 25.8 Å². The molecule has 2 heterocycles. The second kappa shape index (κ2) is 7.53. The van der Waals surface area contributed by atoms with Crippen molar-refractivity contribution in [3.05, 3.63) is 29.2 Å². The van der Waals surface area contributed by atoms with E-state index >= 15 is 0 Å². The first kappa shape index (κ1) is 18.5. The summed E-state index contributed by atoms with van der Waals surface area (Å²) in [6.07, 6.45) is 1.90. The van der Waals surface area contributed by atoms with Gasteiger partial charge in [-0.15, -0.1) is 0 Å². The van der Waals surface area contributed by atoms with Crippen LogP contribution in [0.2, 0.25) is 5.15 Å². The molecule has 26 heavy (non-hydrogen) atoms. The number of alkyl halides is 2.